The molecule has 5 nitrogen and oxygen atoms in total. The summed E-state index contributed by atoms with van der Waals surface area (Å²) in [7, 11) is -2.05. The number of fused-ring (bicyclic) bond motifs is 1. The van der Waals surface area contributed by atoms with Crippen molar-refractivity contribution in [2.24, 2.45) is 0 Å². The number of pyridine rings is 1. The monoisotopic (exact) mass is 328 g/mol. The molecule has 0 fully saturated rings. The van der Waals surface area contributed by atoms with E-state index in [9.17, 15) is 8.42 Å². The third kappa shape index (κ3) is 3.27. The number of hydrogen-bond donors (Lipinski definition) is 1. The van der Waals surface area contributed by atoms with Crippen molar-refractivity contribution in [2.75, 3.05) is 11.8 Å². The maximum Gasteiger partial charge on any atom is 0.263 e. The minimum Gasteiger partial charge on any atom is -0.497 e. The van der Waals surface area contributed by atoms with Gasteiger partial charge in [-0.15, -0.1) is 0 Å². The summed E-state index contributed by atoms with van der Waals surface area (Å²) in [5.41, 5.74) is 1.69. The van der Waals surface area contributed by atoms with E-state index in [2.05, 4.69) is 9.71 Å². The van der Waals surface area contributed by atoms with Crippen LogP contribution in [0.3, 0.4) is 0 Å². The number of nitrogens with zero attached hydrogens (tertiary/aromatic N) is 1. The number of anilines is 1. The van der Waals surface area contributed by atoms with Crippen LogP contribution in [0.25, 0.3) is 10.9 Å². The van der Waals surface area contributed by atoms with Gasteiger partial charge in [0.05, 0.1) is 17.5 Å². The first-order chi connectivity index (χ1) is 11.0. The molecule has 3 aromatic rings. The van der Waals surface area contributed by atoms with Gasteiger partial charge in [-0.2, -0.15) is 0 Å². The second-order valence-electron chi connectivity index (χ2n) is 5.17. The number of hydrogen-bond acceptors (Lipinski definition) is 4. The van der Waals surface area contributed by atoms with Crippen LogP contribution in [0, 0.1) is 6.92 Å². The summed E-state index contributed by atoms with van der Waals surface area (Å²) in [4.78, 5) is 4.54. The van der Waals surface area contributed by atoms with Crippen molar-refractivity contribution in [3.63, 3.8) is 0 Å². The Labute approximate surface area is 135 Å². The van der Waals surface area contributed by atoms with Crippen LogP contribution in [0.15, 0.2) is 59.5 Å². The maximum absolute atomic E-state index is 12.4. The van der Waals surface area contributed by atoms with Crippen LogP contribution in [-0.2, 0) is 10.0 Å². The lowest BCUT2D eigenvalue weighted by molar-refractivity contribution is 0.415. The number of nitrogens with one attached hydrogen (secondary N) is 1. The average molecular weight is 328 g/mol. The highest BCUT2D eigenvalue weighted by Gasteiger charge is 2.14. The van der Waals surface area contributed by atoms with Crippen LogP contribution in [0.4, 0.5) is 5.82 Å². The summed E-state index contributed by atoms with van der Waals surface area (Å²) in [6.07, 6.45) is 0. The number of benzene rings is 2. The quantitative estimate of drug-likeness (QED) is 0.797. The molecule has 0 aliphatic rings. The van der Waals surface area contributed by atoms with E-state index in [0.717, 1.165) is 16.7 Å². The molecule has 23 heavy (non-hydrogen) atoms. The molecule has 0 aliphatic carbocycles. The van der Waals surface area contributed by atoms with Crippen LogP contribution < -0.4 is 9.46 Å². The zero-order chi connectivity index (χ0) is 16.4. The second-order valence-corrected chi connectivity index (χ2v) is 6.86. The Morgan fingerprint density at radius 1 is 1.00 bits per heavy atom. The Balaban J connectivity index is 1.93. The van der Waals surface area contributed by atoms with Crippen LogP contribution in [0.5, 0.6) is 5.75 Å². The molecule has 0 unspecified atom stereocenters. The van der Waals surface area contributed by atoms with E-state index in [0.29, 0.717) is 5.52 Å². The lowest BCUT2D eigenvalue weighted by Crippen LogP contribution is -2.13. The van der Waals surface area contributed by atoms with Gasteiger partial charge in [-0.05, 0) is 49.4 Å². The normalized spacial score (nSPS) is 11.4. The summed E-state index contributed by atoms with van der Waals surface area (Å²) in [5.74, 6) is 1.01. The first kappa shape index (κ1) is 15.3. The number of ether oxygens (including phenoxy) is 1. The van der Waals surface area contributed by atoms with Gasteiger partial charge in [-0.1, -0.05) is 17.7 Å². The van der Waals surface area contributed by atoms with Crippen molar-refractivity contribution in [3.05, 3.63) is 60.2 Å². The van der Waals surface area contributed by atoms with Gasteiger partial charge in [0.1, 0.15) is 11.6 Å². The summed E-state index contributed by atoms with van der Waals surface area (Å²) >= 11 is 0. The highest BCUT2D eigenvalue weighted by atomic mass is 32.2. The van der Waals surface area contributed by atoms with Crippen molar-refractivity contribution in [1.82, 2.24) is 4.98 Å². The summed E-state index contributed by atoms with van der Waals surface area (Å²) in [6.45, 7) is 1.91. The first-order valence-corrected chi connectivity index (χ1v) is 8.50. The molecule has 1 N–H and O–H groups in total. The average Bonchev–Trinajstić information content (AvgIpc) is 2.54. The number of sulfonamides is 1. The minimum absolute atomic E-state index is 0.208. The number of rotatable bonds is 4. The highest BCUT2D eigenvalue weighted by molar-refractivity contribution is 7.92. The molecule has 1 heterocycles. The van der Waals surface area contributed by atoms with E-state index in [1.807, 2.05) is 13.0 Å². The third-order valence-electron chi connectivity index (χ3n) is 3.47. The standard InChI is InChI=1S/C17H16N2O3S/c1-12-3-7-15(8-4-12)23(20,21)19-17-10-5-13-11-14(22-2)6-9-16(13)18-17/h3-11H,1-2H3,(H,18,19). The van der Waals surface area contributed by atoms with E-state index in [1.165, 1.54) is 0 Å². The van der Waals surface area contributed by atoms with Gasteiger partial charge in [0, 0.05) is 5.39 Å². The summed E-state index contributed by atoms with van der Waals surface area (Å²) in [5, 5.41) is 0.877. The smallest absolute Gasteiger partial charge is 0.263 e. The Morgan fingerprint density at radius 3 is 2.43 bits per heavy atom. The first-order valence-electron chi connectivity index (χ1n) is 7.02. The number of methoxy groups -OCH3 is 1. The molecule has 0 radical (unpaired) electrons. The van der Waals surface area contributed by atoms with Gasteiger partial charge < -0.3 is 4.74 Å². The van der Waals surface area contributed by atoms with E-state index in [1.54, 1.807) is 55.6 Å². The fraction of sp³-hybridized carbons (Fsp3) is 0.118. The fourth-order valence-electron chi connectivity index (χ4n) is 2.20. The summed E-state index contributed by atoms with van der Waals surface area (Å²) in [6, 6.07) is 15.5. The lowest BCUT2D eigenvalue weighted by atomic mass is 10.2. The highest BCUT2D eigenvalue weighted by Crippen LogP contribution is 2.22. The molecule has 3 rings (SSSR count). The van der Waals surface area contributed by atoms with Gasteiger partial charge in [0.25, 0.3) is 10.0 Å². The Bertz CT molecular complexity index is 951. The molecule has 0 bridgehead atoms. The molecule has 0 amide bonds. The third-order valence-corrected chi connectivity index (χ3v) is 4.84. The molecular formula is C17H16N2O3S. The SMILES string of the molecule is COc1ccc2nc(NS(=O)(=O)c3ccc(C)cc3)ccc2c1. The van der Waals surface area contributed by atoms with Crippen molar-refractivity contribution in [3.8, 4) is 5.75 Å². The summed E-state index contributed by atoms with van der Waals surface area (Å²) < 4.78 is 32.4. The second kappa shape index (κ2) is 5.89. The van der Waals surface area contributed by atoms with Crippen LogP contribution >= 0.6 is 0 Å². The van der Waals surface area contributed by atoms with Crippen LogP contribution in [0.1, 0.15) is 5.56 Å². The zero-order valence-corrected chi connectivity index (χ0v) is 13.6. The lowest BCUT2D eigenvalue weighted by Gasteiger charge is -2.09. The predicted molar refractivity (Wildman–Crippen MR) is 90.3 cm³/mol. The van der Waals surface area contributed by atoms with Gasteiger partial charge in [0.15, 0.2) is 0 Å². The zero-order valence-electron chi connectivity index (χ0n) is 12.8. The minimum atomic E-state index is -3.65. The Morgan fingerprint density at radius 2 is 1.74 bits per heavy atom. The molecule has 0 aliphatic heterocycles. The van der Waals surface area contributed by atoms with E-state index >= 15 is 0 Å². The van der Waals surface area contributed by atoms with E-state index in [4.69, 9.17) is 4.74 Å². The molecular weight excluding hydrogens is 312 g/mol. The van der Waals surface area contributed by atoms with Gasteiger partial charge >= 0.3 is 0 Å². The molecule has 0 spiro atoms. The van der Waals surface area contributed by atoms with Crippen molar-refractivity contribution < 1.29 is 13.2 Å². The van der Waals surface area contributed by atoms with Crippen molar-refractivity contribution in [2.45, 2.75) is 11.8 Å². The molecule has 2 aromatic carbocycles. The molecule has 118 valence electrons. The van der Waals surface area contributed by atoms with Crippen molar-refractivity contribution >= 4 is 26.7 Å². The van der Waals surface area contributed by atoms with E-state index in [-0.39, 0.29) is 10.7 Å². The van der Waals surface area contributed by atoms with Crippen molar-refractivity contribution in [1.29, 1.82) is 0 Å². The van der Waals surface area contributed by atoms with Crippen LogP contribution in [0.2, 0.25) is 0 Å². The Hall–Kier alpha value is -2.60. The Kier molecular flexibility index (Phi) is 3.92. The van der Waals surface area contributed by atoms with E-state index < -0.39 is 10.0 Å². The molecule has 0 saturated carbocycles. The number of aryl methyl sites for hydroxylation is 1. The fourth-order valence-corrected chi connectivity index (χ4v) is 3.20. The molecule has 1 aromatic heterocycles. The molecule has 6 heteroatoms. The van der Waals surface area contributed by atoms with Gasteiger partial charge in [0.2, 0.25) is 0 Å². The van der Waals surface area contributed by atoms with Gasteiger partial charge in [-0.25, -0.2) is 13.4 Å². The molecule has 0 atom stereocenters. The van der Waals surface area contributed by atoms with Crippen LogP contribution in [-0.4, -0.2) is 20.5 Å². The predicted octanol–water partition coefficient (Wildman–Crippen LogP) is 3.35. The largest absolute Gasteiger partial charge is 0.497 e. The maximum atomic E-state index is 12.4. The molecule has 0 saturated heterocycles. The topological polar surface area (TPSA) is 68.3 Å². The number of aromatic nitrogens is 1. The van der Waals surface area contributed by atoms with Gasteiger partial charge in [-0.3, -0.25) is 4.72 Å².